The average Bonchev–Trinajstić information content (AvgIpc) is 2.94. The molecule has 0 saturated carbocycles. The lowest BCUT2D eigenvalue weighted by molar-refractivity contribution is -0.134. The van der Waals surface area contributed by atoms with Gasteiger partial charge in [-0.1, -0.05) is 24.3 Å². The minimum atomic E-state index is -1.25. The Kier molecular flexibility index (Phi) is 6.34. The summed E-state index contributed by atoms with van der Waals surface area (Å²) in [6.45, 7) is 3.94. The standard InChI is InChI=1S/C22H24FN3O4/c1-3-30-18-10-6-16(7-11-18)22(2)20(28)26(21(29)25-22)14-19(27)24-13-12-15-4-8-17(23)9-5-15/h4-11H,3,12-14H2,1-2H3,(H,24,27)(H,25,29). The van der Waals surface area contributed by atoms with Gasteiger partial charge >= 0.3 is 6.03 Å². The largest absolute Gasteiger partial charge is 0.494 e. The smallest absolute Gasteiger partial charge is 0.325 e. The number of imide groups is 1. The summed E-state index contributed by atoms with van der Waals surface area (Å²) in [7, 11) is 0. The summed E-state index contributed by atoms with van der Waals surface area (Å²) < 4.78 is 18.3. The average molecular weight is 413 g/mol. The molecule has 3 rings (SSSR count). The van der Waals surface area contributed by atoms with Crippen LogP contribution in [0, 0.1) is 5.82 Å². The van der Waals surface area contributed by atoms with Crippen molar-refractivity contribution in [1.29, 1.82) is 0 Å². The van der Waals surface area contributed by atoms with Gasteiger partial charge < -0.3 is 15.4 Å². The molecule has 1 aliphatic rings. The van der Waals surface area contributed by atoms with Crippen LogP contribution in [-0.4, -0.2) is 42.4 Å². The molecule has 1 heterocycles. The van der Waals surface area contributed by atoms with E-state index < -0.39 is 23.4 Å². The molecule has 8 heteroatoms. The van der Waals surface area contributed by atoms with Gasteiger partial charge in [-0.3, -0.25) is 14.5 Å². The summed E-state index contributed by atoms with van der Waals surface area (Å²) in [6.07, 6.45) is 0.510. The third kappa shape index (κ3) is 4.59. The molecule has 1 saturated heterocycles. The molecule has 0 bridgehead atoms. The predicted octanol–water partition coefficient (Wildman–Crippen LogP) is 2.35. The van der Waals surface area contributed by atoms with E-state index in [1.807, 2.05) is 6.92 Å². The Labute approximate surface area is 174 Å². The summed E-state index contributed by atoms with van der Waals surface area (Å²) >= 11 is 0. The maximum atomic E-state index is 12.9. The van der Waals surface area contributed by atoms with Gasteiger partial charge in [0, 0.05) is 6.54 Å². The Bertz CT molecular complexity index is 930. The van der Waals surface area contributed by atoms with E-state index in [1.165, 1.54) is 12.1 Å². The highest BCUT2D eigenvalue weighted by molar-refractivity contribution is 6.09. The third-order valence-electron chi connectivity index (χ3n) is 4.97. The highest BCUT2D eigenvalue weighted by atomic mass is 19.1. The number of benzene rings is 2. The van der Waals surface area contributed by atoms with Crippen molar-refractivity contribution >= 4 is 17.8 Å². The van der Waals surface area contributed by atoms with Crippen molar-refractivity contribution in [2.24, 2.45) is 0 Å². The topological polar surface area (TPSA) is 87.7 Å². The van der Waals surface area contributed by atoms with Crippen molar-refractivity contribution in [3.63, 3.8) is 0 Å². The first-order valence-electron chi connectivity index (χ1n) is 9.72. The molecule has 0 aromatic heterocycles. The van der Waals surface area contributed by atoms with Gasteiger partial charge in [0.25, 0.3) is 5.91 Å². The molecule has 1 aliphatic heterocycles. The SMILES string of the molecule is CCOc1ccc(C2(C)NC(=O)N(CC(=O)NCCc3ccc(F)cc3)C2=O)cc1. The second-order valence-corrected chi connectivity index (χ2v) is 7.13. The Morgan fingerprint density at radius 1 is 1.13 bits per heavy atom. The number of amides is 4. The monoisotopic (exact) mass is 413 g/mol. The van der Waals surface area contributed by atoms with Crippen LogP contribution in [-0.2, 0) is 21.5 Å². The van der Waals surface area contributed by atoms with E-state index in [2.05, 4.69) is 10.6 Å². The summed E-state index contributed by atoms with van der Waals surface area (Å²) in [5.41, 5.74) is 0.217. The fourth-order valence-corrected chi connectivity index (χ4v) is 3.28. The molecule has 158 valence electrons. The van der Waals surface area contributed by atoms with Crippen molar-refractivity contribution < 1.29 is 23.5 Å². The van der Waals surface area contributed by atoms with Gasteiger partial charge in [-0.25, -0.2) is 9.18 Å². The molecule has 2 aromatic carbocycles. The van der Waals surface area contributed by atoms with Crippen LogP contribution in [0.1, 0.15) is 25.0 Å². The van der Waals surface area contributed by atoms with E-state index in [1.54, 1.807) is 43.3 Å². The predicted molar refractivity (Wildman–Crippen MR) is 108 cm³/mol. The molecule has 2 aromatic rings. The Hall–Kier alpha value is -3.42. The molecule has 0 radical (unpaired) electrons. The zero-order valence-electron chi connectivity index (χ0n) is 16.9. The van der Waals surface area contributed by atoms with Crippen molar-refractivity contribution in [1.82, 2.24) is 15.5 Å². The number of nitrogens with zero attached hydrogens (tertiary/aromatic N) is 1. The van der Waals surface area contributed by atoms with Gasteiger partial charge in [0.15, 0.2) is 0 Å². The number of ether oxygens (including phenoxy) is 1. The summed E-state index contributed by atoms with van der Waals surface area (Å²) in [5.74, 6) is -0.599. The van der Waals surface area contributed by atoms with Crippen molar-refractivity contribution in [3.8, 4) is 5.75 Å². The van der Waals surface area contributed by atoms with Crippen LogP contribution >= 0.6 is 0 Å². The molecule has 2 N–H and O–H groups in total. The van der Waals surface area contributed by atoms with Gasteiger partial charge in [0.1, 0.15) is 23.7 Å². The van der Waals surface area contributed by atoms with Crippen LogP contribution in [0.3, 0.4) is 0 Å². The number of carbonyl (C=O) groups is 3. The van der Waals surface area contributed by atoms with Crippen LogP contribution < -0.4 is 15.4 Å². The summed E-state index contributed by atoms with van der Waals surface area (Å²) in [6, 6.07) is 12.3. The number of nitrogens with one attached hydrogen (secondary N) is 2. The number of halogens is 1. The molecule has 1 atom stereocenters. The first kappa shape index (κ1) is 21.3. The number of urea groups is 1. The maximum absolute atomic E-state index is 12.9. The molecule has 30 heavy (non-hydrogen) atoms. The van der Waals surface area contributed by atoms with E-state index in [4.69, 9.17) is 4.74 Å². The Morgan fingerprint density at radius 3 is 2.43 bits per heavy atom. The molecule has 0 aliphatic carbocycles. The lowest BCUT2D eigenvalue weighted by atomic mass is 9.92. The number of hydrogen-bond acceptors (Lipinski definition) is 4. The number of hydrogen-bond donors (Lipinski definition) is 2. The maximum Gasteiger partial charge on any atom is 0.325 e. The van der Waals surface area contributed by atoms with Gasteiger partial charge in [-0.2, -0.15) is 0 Å². The van der Waals surface area contributed by atoms with Crippen LogP contribution in [0.2, 0.25) is 0 Å². The third-order valence-corrected chi connectivity index (χ3v) is 4.97. The lowest BCUT2D eigenvalue weighted by Crippen LogP contribution is -2.43. The number of carbonyl (C=O) groups excluding carboxylic acids is 3. The van der Waals surface area contributed by atoms with E-state index in [0.717, 1.165) is 10.5 Å². The number of rotatable bonds is 8. The zero-order chi connectivity index (χ0) is 21.7. The molecular formula is C22H24FN3O4. The Balaban J connectivity index is 1.58. The molecule has 1 fully saturated rings. The fraction of sp³-hybridized carbons (Fsp3) is 0.318. The van der Waals surface area contributed by atoms with E-state index in [0.29, 0.717) is 30.9 Å². The second kappa shape index (κ2) is 8.94. The van der Waals surface area contributed by atoms with E-state index in [9.17, 15) is 18.8 Å². The van der Waals surface area contributed by atoms with Gasteiger partial charge in [0.2, 0.25) is 5.91 Å². The molecule has 0 spiro atoms. The fourth-order valence-electron chi connectivity index (χ4n) is 3.28. The normalized spacial score (nSPS) is 18.3. The van der Waals surface area contributed by atoms with Crippen molar-refractivity contribution in [3.05, 3.63) is 65.5 Å². The zero-order valence-corrected chi connectivity index (χ0v) is 16.9. The van der Waals surface area contributed by atoms with Crippen LogP contribution in [0.15, 0.2) is 48.5 Å². The highest BCUT2D eigenvalue weighted by Gasteiger charge is 2.49. The molecular weight excluding hydrogens is 389 g/mol. The molecule has 4 amide bonds. The Morgan fingerprint density at radius 2 is 1.80 bits per heavy atom. The van der Waals surface area contributed by atoms with Gasteiger partial charge in [0.05, 0.1) is 6.61 Å². The quantitative estimate of drug-likeness (QED) is 0.651. The second-order valence-electron chi connectivity index (χ2n) is 7.13. The first-order valence-corrected chi connectivity index (χ1v) is 9.72. The van der Waals surface area contributed by atoms with Crippen molar-refractivity contribution in [2.75, 3.05) is 19.7 Å². The summed E-state index contributed by atoms with van der Waals surface area (Å²) in [5, 5.41) is 5.35. The summed E-state index contributed by atoms with van der Waals surface area (Å²) in [4.78, 5) is 38.4. The molecule has 7 nitrogen and oxygen atoms in total. The minimum absolute atomic E-state index is 0.310. The van der Waals surface area contributed by atoms with Gasteiger partial charge in [-0.15, -0.1) is 0 Å². The van der Waals surface area contributed by atoms with Crippen LogP contribution in [0.4, 0.5) is 9.18 Å². The minimum Gasteiger partial charge on any atom is -0.494 e. The molecule has 1 unspecified atom stereocenters. The van der Waals surface area contributed by atoms with E-state index >= 15 is 0 Å². The van der Waals surface area contributed by atoms with Crippen molar-refractivity contribution in [2.45, 2.75) is 25.8 Å². The van der Waals surface area contributed by atoms with Crippen LogP contribution in [0.25, 0.3) is 0 Å². The van der Waals surface area contributed by atoms with Gasteiger partial charge in [-0.05, 0) is 55.7 Å². The van der Waals surface area contributed by atoms with Crippen LogP contribution in [0.5, 0.6) is 5.75 Å². The first-order chi connectivity index (χ1) is 14.3. The highest BCUT2D eigenvalue weighted by Crippen LogP contribution is 2.29. The van der Waals surface area contributed by atoms with E-state index in [-0.39, 0.29) is 12.4 Å². The lowest BCUT2D eigenvalue weighted by Gasteiger charge is -2.22.